The molecule has 1 atom stereocenters. The van der Waals surface area contributed by atoms with Crippen molar-refractivity contribution in [3.8, 4) is 5.75 Å². The zero-order valence-electron chi connectivity index (χ0n) is 11.2. The lowest BCUT2D eigenvalue weighted by Crippen LogP contribution is -2.22. The van der Waals surface area contributed by atoms with Crippen molar-refractivity contribution in [3.05, 3.63) is 50.6 Å². The molecule has 1 N–H and O–H groups in total. The normalized spacial score (nSPS) is 12.4. The highest BCUT2D eigenvalue weighted by Gasteiger charge is 2.18. The minimum Gasteiger partial charge on any atom is -0.496 e. The Kier molecular flexibility index (Phi) is 5.43. The van der Waals surface area contributed by atoms with Gasteiger partial charge in [0.2, 0.25) is 0 Å². The highest BCUT2D eigenvalue weighted by molar-refractivity contribution is 9.10. The highest BCUT2D eigenvalue weighted by Crippen LogP contribution is 2.33. The summed E-state index contributed by atoms with van der Waals surface area (Å²) in [5.41, 5.74) is 1.31. The molecule has 0 aliphatic heterocycles. The van der Waals surface area contributed by atoms with Gasteiger partial charge >= 0.3 is 0 Å². The van der Waals surface area contributed by atoms with Crippen molar-refractivity contribution in [3.63, 3.8) is 0 Å². The number of rotatable bonds is 6. The van der Waals surface area contributed by atoms with Crippen LogP contribution in [0.2, 0.25) is 0 Å². The van der Waals surface area contributed by atoms with E-state index in [9.17, 15) is 0 Å². The smallest absolute Gasteiger partial charge is 0.134 e. The van der Waals surface area contributed by atoms with Gasteiger partial charge in [0.25, 0.3) is 0 Å². The molecule has 2 rings (SSSR count). The highest BCUT2D eigenvalue weighted by atomic mass is 79.9. The summed E-state index contributed by atoms with van der Waals surface area (Å²) in [6.45, 7) is 3.07. The van der Waals surface area contributed by atoms with Crippen molar-refractivity contribution < 1.29 is 4.74 Å². The number of hydrogen-bond donors (Lipinski definition) is 1. The summed E-state index contributed by atoms with van der Waals surface area (Å²) in [5.74, 6) is 0.975. The maximum atomic E-state index is 5.44. The summed E-state index contributed by atoms with van der Waals surface area (Å²) in [5, 5.41) is 5.63. The van der Waals surface area contributed by atoms with Crippen molar-refractivity contribution >= 4 is 27.3 Å². The van der Waals surface area contributed by atoms with Crippen LogP contribution in [0, 0.1) is 0 Å². The summed E-state index contributed by atoms with van der Waals surface area (Å²) in [6, 6.07) is 10.7. The Bertz CT molecular complexity index is 526. The third-order valence-electron chi connectivity index (χ3n) is 3.03. The van der Waals surface area contributed by atoms with Crippen LogP contribution in [0.1, 0.15) is 23.4 Å². The van der Waals surface area contributed by atoms with Gasteiger partial charge in [0.15, 0.2) is 0 Å². The Balaban J connectivity index is 2.24. The zero-order valence-corrected chi connectivity index (χ0v) is 13.6. The molecular weight excluding hydrogens is 322 g/mol. The molecule has 0 amide bonds. The van der Waals surface area contributed by atoms with Gasteiger partial charge in [0.1, 0.15) is 5.75 Å². The molecule has 2 nitrogen and oxygen atoms in total. The quantitative estimate of drug-likeness (QED) is 0.841. The number of nitrogens with one attached hydrogen (secondary N) is 1. The predicted octanol–water partition coefficient (Wildman–Crippen LogP) is 4.41. The van der Waals surface area contributed by atoms with E-state index in [1.54, 1.807) is 18.4 Å². The van der Waals surface area contributed by atoms with Crippen LogP contribution in [0.25, 0.3) is 0 Å². The zero-order chi connectivity index (χ0) is 13.7. The number of thiophene rings is 1. The van der Waals surface area contributed by atoms with Crippen LogP contribution < -0.4 is 10.1 Å². The van der Waals surface area contributed by atoms with Gasteiger partial charge in [-0.1, -0.05) is 41.1 Å². The lowest BCUT2D eigenvalue weighted by Gasteiger charge is -2.18. The SMILES string of the molecule is CCNC(Cc1ccccc1Br)c1sccc1OC. The van der Waals surface area contributed by atoms with Crippen molar-refractivity contribution in [2.45, 2.75) is 19.4 Å². The summed E-state index contributed by atoms with van der Waals surface area (Å²) in [4.78, 5) is 1.26. The maximum absolute atomic E-state index is 5.44. The van der Waals surface area contributed by atoms with Gasteiger partial charge in [-0.15, -0.1) is 11.3 Å². The Hall–Kier alpha value is -0.840. The second-order valence-corrected chi connectivity index (χ2v) is 6.06. The molecular formula is C15H18BrNOS. The van der Waals surface area contributed by atoms with Crippen LogP contribution in [0.5, 0.6) is 5.75 Å². The van der Waals surface area contributed by atoms with E-state index in [2.05, 4.69) is 51.7 Å². The maximum Gasteiger partial charge on any atom is 0.134 e. The lowest BCUT2D eigenvalue weighted by molar-refractivity contribution is 0.403. The number of methoxy groups -OCH3 is 1. The second kappa shape index (κ2) is 7.08. The minimum absolute atomic E-state index is 0.290. The van der Waals surface area contributed by atoms with E-state index >= 15 is 0 Å². The molecule has 102 valence electrons. The van der Waals surface area contributed by atoms with Gasteiger partial charge in [-0.25, -0.2) is 0 Å². The molecule has 0 bridgehead atoms. The van der Waals surface area contributed by atoms with Crippen molar-refractivity contribution in [1.82, 2.24) is 5.32 Å². The molecule has 0 spiro atoms. The fourth-order valence-electron chi connectivity index (χ4n) is 2.12. The molecule has 1 aromatic heterocycles. The summed E-state index contributed by atoms with van der Waals surface area (Å²) in [7, 11) is 1.73. The standard InChI is InChI=1S/C15H18BrNOS/c1-3-17-13(15-14(18-2)8-9-19-15)10-11-6-4-5-7-12(11)16/h4-9,13,17H,3,10H2,1-2H3. The predicted molar refractivity (Wildman–Crippen MR) is 85.1 cm³/mol. The van der Waals surface area contributed by atoms with Gasteiger partial charge in [-0.2, -0.15) is 0 Å². The molecule has 0 saturated heterocycles. The number of benzene rings is 1. The first kappa shape index (κ1) is 14.6. The Morgan fingerprint density at radius 2 is 2.11 bits per heavy atom. The molecule has 0 radical (unpaired) electrons. The molecule has 4 heteroatoms. The second-order valence-electron chi connectivity index (χ2n) is 4.26. The molecule has 2 aromatic rings. The average molecular weight is 340 g/mol. The van der Waals surface area contributed by atoms with Crippen LogP contribution in [-0.4, -0.2) is 13.7 Å². The van der Waals surface area contributed by atoms with Crippen molar-refractivity contribution in [2.24, 2.45) is 0 Å². The molecule has 0 saturated carbocycles. The van der Waals surface area contributed by atoms with E-state index in [0.717, 1.165) is 23.2 Å². The fraction of sp³-hybridized carbons (Fsp3) is 0.333. The molecule has 1 aromatic carbocycles. The first-order chi connectivity index (χ1) is 9.26. The monoisotopic (exact) mass is 339 g/mol. The first-order valence-electron chi connectivity index (χ1n) is 6.34. The summed E-state index contributed by atoms with van der Waals surface area (Å²) < 4.78 is 6.60. The van der Waals surface area contributed by atoms with Crippen LogP contribution in [-0.2, 0) is 6.42 Å². The van der Waals surface area contributed by atoms with Gasteiger partial charge < -0.3 is 10.1 Å². The van der Waals surface area contributed by atoms with Crippen LogP contribution >= 0.6 is 27.3 Å². The van der Waals surface area contributed by atoms with Crippen LogP contribution in [0.3, 0.4) is 0 Å². The van der Waals surface area contributed by atoms with Gasteiger partial charge in [-0.05, 0) is 36.0 Å². The van der Waals surface area contributed by atoms with Crippen LogP contribution in [0.4, 0.5) is 0 Å². The Morgan fingerprint density at radius 3 is 2.79 bits per heavy atom. The third kappa shape index (κ3) is 3.59. The topological polar surface area (TPSA) is 21.3 Å². The van der Waals surface area contributed by atoms with E-state index < -0.39 is 0 Å². The summed E-state index contributed by atoms with van der Waals surface area (Å²) >= 11 is 5.36. The molecule has 1 unspecified atom stereocenters. The van der Waals surface area contributed by atoms with E-state index in [1.165, 1.54) is 10.4 Å². The van der Waals surface area contributed by atoms with Crippen molar-refractivity contribution in [1.29, 1.82) is 0 Å². The third-order valence-corrected chi connectivity index (χ3v) is 4.81. The van der Waals surface area contributed by atoms with Gasteiger partial charge in [0, 0.05) is 10.5 Å². The van der Waals surface area contributed by atoms with Crippen molar-refractivity contribution in [2.75, 3.05) is 13.7 Å². The van der Waals surface area contributed by atoms with Gasteiger partial charge in [-0.3, -0.25) is 0 Å². The molecule has 0 aliphatic rings. The molecule has 19 heavy (non-hydrogen) atoms. The largest absolute Gasteiger partial charge is 0.496 e. The van der Waals surface area contributed by atoms with E-state index in [4.69, 9.17) is 4.74 Å². The Morgan fingerprint density at radius 1 is 1.32 bits per heavy atom. The summed E-state index contributed by atoms with van der Waals surface area (Å²) in [6.07, 6.45) is 0.951. The Labute approximate surface area is 126 Å². The van der Waals surface area contributed by atoms with Crippen LogP contribution in [0.15, 0.2) is 40.2 Å². The number of hydrogen-bond acceptors (Lipinski definition) is 3. The number of likely N-dealkylation sites (N-methyl/N-ethyl adjacent to an activating group) is 1. The van der Waals surface area contributed by atoms with E-state index in [-0.39, 0.29) is 0 Å². The average Bonchev–Trinajstić information content (AvgIpc) is 2.89. The molecule has 1 heterocycles. The molecule has 0 aliphatic carbocycles. The minimum atomic E-state index is 0.290. The van der Waals surface area contributed by atoms with E-state index in [0.29, 0.717) is 6.04 Å². The fourth-order valence-corrected chi connectivity index (χ4v) is 3.50. The first-order valence-corrected chi connectivity index (χ1v) is 8.01. The number of ether oxygens (including phenoxy) is 1. The number of halogens is 1. The van der Waals surface area contributed by atoms with E-state index in [1.807, 2.05) is 12.1 Å². The molecule has 0 fully saturated rings. The van der Waals surface area contributed by atoms with Gasteiger partial charge in [0.05, 0.1) is 12.0 Å². The lowest BCUT2D eigenvalue weighted by atomic mass is 10.0.